The number of hydrogen-bond acceptors (Lipinski definition) is 6. The molecule has 0 amide bonds. The van der Waals surface area contributed by atoms with Crippen LogP contribution in [0.3, 0.4) is 0 Å². The van der Waals surface area contributed by atoms with E-state index in [2.05, 4.69) is 154 Å². The largest absolute Gasteiger partial charge is 0.462 e. The Hall–Kier alpha value is -4.45. The minimum Gasteiger partial charge on any atom is -0.462 e. The molecule has 0 radical (unpaired) electrons. The molecule has 0 aliphatic carbocycles. The van der Waals surface area contributed by atoms with E-state index in [1.807, 2.05) is 0 Å². The van der Waals surface area contributed by atoms with Crippen molar-refractivity contribution in [2.75, 3.05) is 13.2 Å². The van der Waals surface area contributed by atoms with Gasteiger partial charge in [-0.3, -0.25) is 14.4 Å². The molecule has 0 aromatic carbocycles. The zero-order chi connectivity index (χ0) is 57.1. The number of carbonyl (C=O) groups excluding carboxylic acids is 3. The molecule has 0 spiro atoms. The van der Waals surface area contributed by atoms with Gasteiger partial charge in [0.15, 0.2) is 6.10 Å². The zero-order valence-electron chi connectivity index (χ0n) is 51.3. The van der Waals surface area contributed by atoms with Crippen LogP contribution in [0.2, 0.25) is 0 Å². The van der Waals surface area contributed by atoms with Crippen LogP contribution in [0.5, 0.6) is 0 Å². The summed E-state index contributed by atoms with van der Waals surface area (Å²) in [6.07, 6.45) is 93.2. The molecule has 0 aliphatic rings. The van der Waals surface area contributed by atoms with Gasteiger partial charge in [0.05, 0.1) is 0 Å². The summed E-state index contributed by atoms with van der Waals surface area (Å²) in [6, 6.07) is 0. The molecule has 0 aromatic heterocycles. The Morgan fingerprint density at radius 1 is 0.266 bits per heavy atom. The Morgan fingerprint density at radius 2 is 0.506 bits per heavy atom. The van der Waals surface area contributed by atoms with Crippen LogP contribution >= 0.6 is 0 Å². The maximum Gasteiger partial charge on any atom is 0.306 e. The molecule has 0 aromatic rings. The number of carbonyl (C=O) groups is 3. The van der Waals surface area contributed by atoms with Crippen LogP contribution in [0.15, 0.2) is 134 Å². The number of unbranched alkanes of at least 4 members (excludes halogenated alkanes) is 25. The van der Waals surface area contributed by atoms with Crippen LogP contribution in [0.1, 0.15) is 290 Å². The van der Waals surface area contributed by atoms with Crippen molar-refractivity contribution in [3.05, 3.63) is 134 Å². The van der Waals surface area contributed by atoms with Crippen molar-refractivity contribution in [3.63, 3.8) is 0 Å². The molecule has 6 heteroatoms. The number of allylic oxidation sites excluding steroid dienone is 22. The summed E-state index contributed by atoms with van der Waals surface area (Å²) in [5, 5.41) is 0. The van der Waals surface area contributed by atoms with Gasteiger partial charge in [-0.05, 0) is 135 Å². The summed E-state index contributed by atoms with van der Waals surface area (Å²) in [7, 11) is 0. The first-order chi connectivity index (χ1) is 39.0. The molecule has 0 bridgehead atoms. The first-order valence-corrected chi connectivity index (χ1v) is 32.7. The molecule has 1 atom stereocenters. The van der Waals surface area contributed by atoms with Crippen molar-refractivity contribution in [2.24, 2.45) is 0 Å². The molecule has 0 rings (SSSR count). The number of ether oxygens (including phenoxy) is 3. The summed E-state index contributed by atoms with van der Waals surface area (Å²) >= 11 is 0. The number of hydrogen-bond donors (Lipinski definition) is 0. The summed E-state index contributed by atoms with van der Waals surface area (Å²) in [5.74, 6) is -0.921. The molecule has 0 fully saturated rings. The molecular weight excluding hydrogens is 973 g/mol. The zero-order valence-corrected chi connectivity index (χ0v) is 51.3. The van der Waals surface area contributed by atoms with Crippen molar-refractivity contribution >= 4 is 17.9 Å². The molecule has 0 saturated heterocycles. The van der Waals surface area contributed by atoms with E-state index in [1.165, 1.54) is 103 Å². The average molecular weight is 1090 g/mol. The van der Waals surface area contributed by atoms with Crippen LogP contribution in [0, 0.1) is 0 Å². The van der Waals surface area contributed by atoms with Gasteiger partial charge in [-0.25, -0.2) is 0 Å². The molecule has 1 unspecified atom stereocenters. The summed E-state index contributed by atoms with van der Waals surface area (Å²) in [4.78, 5) is 38.3. The lowest BCUT2D eigenvalue weighted by molar-refractivity contribution is -0.167. The highest BCUT2D eigenvalue weighted by atomic mass is 16.6. The first kappa shape index (κ1) is 74.5. The van der Waals surface area contributed by atoms with Gasteiger partial charge in [0.2, 0.25) is 0 Å². The van der Waals surface area contributed by atoms with Gasteiger partial charge in [0.25, 0.3) is 0 Å². The second-order valence-electron chi connectivity index (χ2n) is 21.3. The monoisotopic (exact) mass is 1090 g/mol. The second kappa shape index (κ2) is 66.1. The Labute approximate surface area is 487 Å². The van der Waals surface area contributed by atoms with Gasteiger partial charge < -0.3 is 14.2 Å². The van der Waals surface area contributed by atoms with E-state index in [-0.39, 0.29) is 31.1 Å². The fourth-order valence-corrected chi connectivity index (χ4v) is 8.70. The van der Waals surface area contributed by atoms with E-state index < -0.39 is 6.10 Å². The predicted molar refractivity (Wildman–Crippen MR) is 343 cm³/mol. The van der Waals surface area contributed by atoms with Crippen LogP contribution in [-0.2, 0) is 28.6 Å². The highest BCUT2D eigenvalue weighted by Gasteiger charge is 2.19. The highest BCUT2D eigenvalue weighted by molar-refractivity contribution is 5.71. The first-order valence-electron chi connectivity index (χ1n) is 32.7. The van der Waals surface area contributed by atoms with Crippen molar-refractivity contribution in [2.45, 2.75) is 297 Å². The van der Waals surface area contributed by atoms with Crippen molar-refractivity contribution in [1.29, 1.82) is 0 Å². The second-order valence-corrected chi connectivity index (χ2v) is 21.3. The SMILES string of the molecule is CC/C=C\C/C=C\C/C=C\C/C=C\C/C=C\C/C=C\C/C=C\C/C=C\CCCCCCCCCCC(=O)OCC(COC(=O)CCCCCCC/C=C\CCCCCCC)OC(=O)CCCCCCC/C=C\C/C=C\CCCC. The van der Waals surface area contributed by atoms with Crippen molar-refractivity contribution < 1.29 is 28.6 Å². The van der Waals surface area contributed by atoms with Crippen LogP contribution in [-0.4, -0.2) is 37.2 Å². The molecule has 0 saturated carbocycles. The maximum absolute atomic E-state index is 12.9. The normalized spacial score (nSPS) is 13.0. The van der Waals surface area contributed by atoms with E-state index >= 15 is 0 Å². The topological polar surface area (TPSA) is 78.9 Å². The third kappa shape index (κ3) is 64.3. The predicted octanol–water partition coefficient (Wildman–Crippen LogP) is 22.5. The van der Waals surface area contributed by atoms with Gasteiger partial charge >= 0.3 is 17.9 Å². The summed E-state index contributed by atoms with van der Waals surface area (Å²) < 4.78 is 16.9. The molecule has 448 valence electrons. The third-order valence-electron chi connectivity index (χ3n) is 13.6. The van der Waals surface area contributed by atoms with Crippen LogP contribution in [0.25, 0.3) is 0 Å². The fraction of sp³-hybridized carbons (Fsp3) is 0.658. The fourth-order valence-electron chi connectivity index (χ4n) is 8.70. The average Bonchev–Trinajstić information content (AvgIpc) is 3.45. The Kier molecular flexibility index (Phi) is 62.3. The van der Waals surface area contributed by atoms with E-state index in [9.17, 15) is 14.4 Å². The number of rotatable bonds is 58. The smallest absolute Gasteiger partial charge is 0.306 e. The molecule has 6 nitrogen and oxygen atoms in total. The Morgan fingerprint density at radius 3 is 0.823 bits per heavy atom. The van der Waals surface area contributed by atoms with Crippen molar-refractivity contribution in [1.82, 2.24) is 0 Å². The van der Waals surface area contributed by atoms with Crippen molar-refractivity contribution in [3.8, 4) is 0 Å². The van der Waals surface area contributed by atoms with Gasteiger partial charge in [0.1, 0.15) is 13.2 Å². The summed E-state index contributed by atoms with van der Waals surface area (Å²) in [6.45, 7) is 6.46. The molecular formula is C73H120O6. The van der Waals surface area contributed by atoms with Gasteiger partial charge in [-0.1, -0.05) is 270 Å². The summed E-state index contributed by atoms with van der Waals surface area (Å²) in [5.41, 5.74) is 0. The lowest BCUT2D eigenvalue weighted by atomic mass is 10.1. The molecule has 0 heterocycles. The van der Waals surface area contributed by atoms with E-state index in [0.29, 0.717) is 19.3 Å². The Bertz CT molecular complexity index is 1680. The third-order valence-corrected chi connectivity index (χ3v) is 13.6. The lowest BCUT2D eigenvalue weighted by Crippen LogP contribution is -2.30. The minimum atomic E-state index is -0.796. The van der Waals surface area contributed by atoms with Crippen LogP contribution < -0.4 is 0 Å². The van der Waals surface area contributed by atoms with Crippen LogP contribution in [0.4, 0.5) is 0 Å². The quantitative estimate of drug-likeness (QED) is 0.0261. The Balaban J connectivity index is 4.28. The molecule has 79 heavy (non-hydrogen) atoms. The molecule has 0 aliphatic heterocycles. The lowest BCUT2D eigenvalue weighted by Gasteiger charge is -2.18. The van der Waals surface area contributed by atoms with Gasteiger partial charge in [-0.2, -0.15) is 0 Å². The molecule has 0 N–H and O–H groups in total. The van der Waals surface area contributed by atoms with Gasteiger partial charge in [-0.15, -0.1) is 0 Å². The van der Waals surface area contributed by atoms with E-state index in [0.717, 1.165) is 148 Å². The minimum absolute atomic E-state index is 0.0925. The standard InChI is InChI=1S/C73H120O6/c1-4-7-10-13-16-19-22-25-28-29-30-31-32-33-34-35-36-37-38-39-40-41-42-43-44-45-46-49-51-54-57-60-63-66-72(75)78-69-70(79-73(76)67-64-61-58-55-52-48-27-24-21-18-15-12-9-6-3)68-77-71(74)65-62-59-56-53-50-47-26-23-20-17-14-11-8-5-2/h7,10,15-16,18-19,23-28,30-31,33-34,36-37,39-40,42-43,70H,4-6,8-9,11-14,17,20-22,29,32,35,38,41,44-69H2,1-3H3/b10-7-,18-15-,19-16-,26-23-,27-24-,28-25-,31-30-,34-33-,37-36-,40-39-,43-42-. The highest BCUT2D eigenvalue weighted by Crippen LogP contribution is 2.15. The van der Waals surface area contributed by atoms with E-state index in [4.69, 9.17) is 14.2 Å². The number of esters is 3. The van der Waals surface area contributed by atoms with Gasteiger partial charge in [0, 0.05) is 19.3 Å². The maximum atomic E-state index is 12.9. The van der Waals surface area contributed by atoms with E-state index in [1.54, 1.807) is 0 Å².